The van der Waals surface area contributed by atoms with Gasteiger partial charge in [0.15, 0.2) is 11.5 Å². The fourth-order valence-corrected chi connectivity index (χ4v) is 2.30. The van der Waals surface area contributed by atoms with Crippen molar-refractivity contribution >= 4 is 17.0 Å². The van der Waals surface area contributed by atoms with Crippen LogP contribution in [-0.4, -0.2) is 14.2 Å². The Kier molecular flexibility index (Phi) is 3.01. The van der Waals surface area contributed by atoms with E-state index in [1.807, 2.05) is 23.6 Å². The molecule has 0 aliphatic heterocycles. The van der Waals surface area contributed by atoms with Crippen LogP contribution in [-0.2, 0) is 0 Å². The molecular formula is C12H13NO2S. The highest BCUT2D eigenvalue weighted by Gasteiger charge is 2.10. The monoisotopic (exact) mass is 235 g/mol. The van der Waals surface area contributed by atoms with E-state index in [4.69, 9.17) is 15.2 Å². The number of hydrogen-bond donors (Lipinski definition) is 1. The van der Waals surface area contributed by atoms with Gasteiger partial charge in [-0.2, -0.15) is 0 Å². The zero-order chi connectivity index (χ0) is 11.5. The Balaban J connectivity index is 2.55. The molecule has 1 aromatic heterocycles. The quantitative estimate of drug-likeness (QED) is 0.832. The molecule has 3 nitrogen and oxygen atoms in total. The van der Waals surface area contributed by atoms with Crippen LogP contribution in [0.25, 0.3) is 10.4 Å². The van der Waals surface area contributed by atoms with Crippen LogP contribution in [0.4, 0.5) is 5.69 Å². The highest BCUT2D eigenvalue weighted by molar-refractivity contribution is 7.13. The van der Waals surface area contributed by atoms with Crippen molar-refractivity contribution in [1.29, 1.82) is 0 Å². The van der Waals surface area contributed by atoms with Crippen molar-refractivity contribution in [3.8, 4) is 21.9 Å². The third kappa shape index (κ3) is 1.84. The summed E-state index contributed by atoms with van der Waals surface area (Å²) in [6.45, 7) is 0. The van der Waals surface area contributed by atoms with Crippen LogP contribution in [0.2, 0.25) is 0 Å². The van der Waals surface area contributed by atoms with Crippen LogP contribution in [0.15, 0.2) is 29.6 Å². The minimum atomic E-state index is 0.653. The standard InChI is InChI=1S/C12H13NO2S/c1-14-10-6-8(12-4-3-5-16-12)9(13)7-11(10)15-2/h3-7H,13H2,1-2H3. The maximum Gasteiger partial charge on any atom is 0.162 e. The molecule has 1 aromatic carbocycles. The minimum Gasteiger partial charge on any atom is -0.493 e. The van der Waals surface area contributed by atoms with Gasteiger partial charge in [-0.1, -0.05) is 6.07 Å². The summed E-state index contributed by atoms with van der Waals surface area (Å²) in [4.78, 5) is 1.12. The van der Waals surface area contributed by atoms with Crippen molar-refractivity contribution in [1.82, 2.24) is 0 Å². The molecule has 0 unspecified atom stereocenters. The van der Waals surface area contributed by atoms with Gasteiger partial charge >= 0.3 is 0 Å². The molecule has 1 heterocycles. The van der Waals surface area contributed by atoms with Gasteiger partial charge in [0.2, 0.25) is 0 Å². The number of ether oxygens (including phenoxy) is 2. The van der Waals surface area contributed by atoms with Gasteiger partial charge in [0.1, 0.15) is 0 Å². The van der Waals surface area contributed by atoms with E-state index in [1.165, 1.54) is 0 Å². The first-order chi connectivity index (χ1) is 7.76. The first kappa shape index (κ1) is 10.8. The lowest BCUT2D eigenvalue weighted by Gasteiger charge is -2.11. The van der Waals surface area contributed by atoms with Crippen molar-refractivity contribution in [2.75, 3.05) is 20.0 Å². The lowest BCUT2D eigenvalue weighted by Crippen LogP contribution is -1.95. The van der Waals surface area contributed by atoms with Gasteiger partial charge in [-0.15, -0.1) is 11.3 Å². The number of anilines is 1. The molecular weight excluding hydrogens is 222 g/mol. The van der Waals surface area contributed by atoms with E-state index in [-0.39, 0.29) is 0 Å². The maximum atomic E-state index is 5.98. The third-order valence-corrected chi connectivity index (χ3v) is 3.25. The summed E-state index contributed by atoms with van der Waals surface area (Å²) in [7, 11) is 3.22. The molecule has 0 aliphatic carbocycles. The first-order valence-corrected chi connectivity index (χ1v) is 5.69. The van der Waals surface area contributed by atoms with Crippen molar-refractivity contribution in [2.24, 2.45) is 0 Å². The van der Waals surface area contributed by atoms with E-state index in [0.717, 1.165) is 10.4 Å². The molecule has 16 heavy (non-hydrogen) atoms. The second kappa shape index (κ2) is 4.45. The molecule has 0 spiro atoms. The number of nitrogen functional groups attached to an aromatic ring is 1. The van der Waals surface area contributed by atoms with Gasteiger partial charge < -0.3 is 15.2 Å². The third-order valence-electron chi connectivity index (χ3n) is 2.34. The number of methoxy groups -OCH3 is 2. The average molecular weight is 235 g/mol. The Bertz CT molecular complexity index is 480. The molecule has 0 amide bonds. The van der Waals surface area contributed by atoms with Crippen molar-refractivity contribution in [2.45, 2.75) is 0 Å². The molecule has 0 atom stereocenters. The van der Waals surface area contributed by atoms with E-state index in [9.17, 15) is 0 Å². The molecule has 0 aliphatic rings. The Morgan fingerprint density at radius 2 is 1.81 bits per heavy atom. The maximum absolute atomic E-state index is 5.98. The van der Waals surface area contributed by atoms with Crippen molar-refractivity contribution in [3.05, 3.63) is 29.6 Å². The highest BCUT2D eigenvalue weighted by atomic mass is 32.1. The highest BCUT2D eigenvalue weighted by Crippen LogP contribution is 2.38. The number of hydrogen-bond acceptors (Lipinski definition) is 4. The SMILES string of the molecule is COc1cc(N)c(-c2cccs2)cc1OC. The number of rotatable bonds is 3. The lowest BCUT2D eigenvalue weighted by molar-refractivity contribution is 0.355. The molecule has 0 saturated heterocycles. The topological polar surface area (TPSA) is 44.5 Å². The fourth-order valence-electron chi connectivity index (χ4n) is 1.54. The van der Waals surface area contributed by atoms with E-state index in [0.29, 0.717) is 17.2 Å². The minimum absolute atomic E-state index is 0.653. The second-order valence-corrected chi connectivity index (χ2v) is 4.22. The molecule has 2 aromatic rings. The van der Waals surface area contributed by atoms with Gasteiger partial charge in [-0.25, -0.2) is 0 Å². The van der Waals surface area contributed by atoms with Crippen LogP contribution in [0, 0.1) is 0 Å². The zero-order valence-electron chi connectivity index (χ0n) is 9.19. The Hall–Kier alpha value is -1.68. The van der Waals surface area contributed by atoms with Crippen molar-refractivity contribution < 1.29 is 9.47 Å². The first-order valence-electron chi connectivity index (χ1n) is 4.81. The van der Waals surface area contributed by atoms with Crippen LogP contribution in [0.1, 0.15) is 0 Å². The molecule has 84 valence electrons. The van der Waals surface area contributed by atoms with Crippen LogP contribution < -0.4 is 15.2 Å². The van der Waals surface area contributed by atoms with Gasteiger partial charge in [-0.3, -0.25) is 0 Å². The van der Waals surface area contributed by atoms with Crippen LogP contribution >= 0.6 is 11.3 Å². The molecule has 0 saturated carbocycles. The second-order valence-electron chi connectivity index (χ2n) is 3.27. The molecule has 0 fully saturated rings. The molecule has 4 heteroatoms. The lowest BCUT2D eigenvalue weighted by atomic mass is 10.1. The van der Waals surface area contributed by atoms with Gasteiger partial charge in [0.25, 0.3) is 0 Å². The van der Waals surface area contributed by atoms with Crippen LogP contribution in [0.5, 0.6) is 11.5 Å². The Morgan fingerprint density at radius 3 is 2.38 bits per heavy atom. The predicted octanol–water partition coefficient (Wildman–Crippen LogP) is 3.01. The summed E-state index contributed by atoms with van der Waals surface area (Å²) in [6, 6.07) is 7.71. The molecule has 2 N–H and O–H groups in total. The van der Waals surface area contributed by atoms with E-state index in [1.54, 1.807) is 31.6 Å². The molecule has 2 rings (SSSR count). The molecule has 0 radical (unpaired) electrons. The summed E-state index contributed by atoms with van der Waals surface area (Å²) >= 11 is 1.65. The van der Waals surface area contributed by atoms with E-state index >= 15 is 0 Å². The Morgan fingerprint density at radius 1 is 1.12 bits per heavy atom. The number of nitrogens with two attached hydrogens (primary N) is 1. The smallest absolute Gasteiger partial charge is 0.162 e. The summed E-state index contributed by atoms with van der Waals surface area (Å²) < 4.78 is 10.4. The van der Waals surface area contributed by atoms with E-state index < -0.39 is 0 Å². The summed E-state index contributed by atoms with van der Waals surface area (Å²) in [5.74, 6) is 1.35. The zero-order valence-corrected chi connectivity index (χ0v) is 10.0. The van der Waals surface area contributed by atoms with E-state index in [2.05, 4.69) is 0 Å². The summed E-state index contributed by atoms with van der Waals surface area (Å²) in [5.41, 5.74) is 7.66. The van der Waals surface area contributed by atoms with Crippen molar-refractivity contribution in [3.63, 3.8) is 0 Å². The summed E-state index contributed by atoms with van der Waals surface area (Å²) in [6.07, 6.45) is 0. The van der Waals surface area contributed by atoms with Crippen LogP contribution in [0.3, 0.4) is 0 Å². The predicted molar refractivity (Wildman–Crippen MR) is 67.3 cm³/mol. The Labute approximate surface area is 98.4 Å². The average Bonchev–Trinajstić information content (AvgIpc) is 2.82. The van der Waals surface area contributed by atoms with Gasteiger partial charge in [-0.05, 0) is 17.5 Å². The fraction of sp³-hybridized carbons (Fsp3) is 0.167. The molecule has 0 bridgehead atoms. The van der Waals surface area contributed by atoms with Gasteiger partial charge in [0, 0.05) is 22.2 Å². The van der Waals surface area contributed by atoms with Gasteiger partial charge in [0.05, 0.1) is 14.2 Å². The number of thiophene rings is 1. The number of benzene rings is 1. The normalized spacial score (nSPS) is 10.1. The summed E-state index contributed by atoms with van der Waals surface area (Å²) in [5, 5.41) is 2.02. The largest absolute Gasteiger partial charge is 0.493 e.